The molecule has 18 amide bonds. The number of hydrogen-bond acceptors (Lipinski definition) is 27. The Morgan fingerprint density at radius 1 is 0.392 bits per heavy atom. The Morgan fingerprint density at radius 3 is 0.931 bits per heavy atom. The summed E-state index contributed by atoms with van der Waals surface area (Å²) in [6.07, 6.45) is 9.05. The minimum absolute atomic E-state index is 0.00926. The molecule has 3 atom stereocenters. The highest BCUT2D eigenvalue weighted by atomic mass is 16.7. The third-order valence-electron chi connectivity index (χ3n) is 15.1. The summed E-state index contributed by atoms with van der Waals surface area (Å²) in [6, 6.07) is 0. The topological polar surface area (TPSA) is 541 Å². The predicted molar refractivity (Wildman–Crippen MR) is 336 cm³/mol. The summed E-state index contributed by atoms with van der Waals surface area (Å²) in [4.78, 5) is 262. The zero-order valence-corrected chi connectivity index (χ0v) is 54.8. The Morgan fingerprint density at radius 2 is 0.657 bits per heavy atom. The second-order valence-electron chi connectivity index (χ2n) is 22.4. The number of nitrogens with two attached hydrogens (primary N) is 2. The molecule has 0 aromatic rings. The van der Waals surface area contributed by atoms with E-state index >= 15 is 0 Å². The van der Waals surface area contributed by atoms with E-state index in [9.17, 15) is 101 Å². The second-order valence-corrected chi connectivity index (χ2v) is 22.4. The van der Waals surface area contributed by atoms with Gasteiger partial charge in [-0.25, -0.2) is 4.79 Å². The summed E-state index contributed by atoms with van der Waals surface area (Å²) in [7, 11) is 0. The van der Waals surface area contributed by atoms with E-state index in [-0.39, 0.29) is 123 Å². The highest BCUT2D eigenvalue weighted by molar-refractivity contribution is 6.16. The number of nitrogens with one attached hydrogen (secondary N) is 2. The van der Waals surface area contributed by atoms with E-state index in [2.05, 4.69) is 10.6 Å². The molecular weight excluding hydrogens is 1360 g/mol. The van der Waals surface area contributed by atoms with Crippen LogP contribution in [0, 0.1) is 0 Å². The van der Waals surface area contributed by atoms with Gasteiger partial charge in [-0.2, -0.15) is 0 Å². The van der Waals surface area contributed by atoms with Crippen LogP contribution in [0.4, 0.5) is 0 Å². The van der Waals surface area contributed by atoms with Crippen LogP contribution in [0.1, 0.15) is 57.8 Å². The van der Waals surface area contributed by atoms with Crippen molar-refractivity contribution >= 4 is 124 Å². The summed E-state index contributed by atoms with van der Waals surface area (Å²) < 4.78 is 16.7. The fourth-order valence-electron chi connectivity index (χ4n) is 9.80. The maximum atomic E-state index is 12.9. The maximum absolute atomic E-state index is 12.9. The van der Waals surface area contributed by atoms with Crippen LogP contribution in [0.15, 0.2) is 72.9 Å². The molecule has 550 valence electrons. The van der Waals surface area contributed by atoms with Gasteiger partial charge in [0.2, 0.25) is 23.6 Å². The highest BCUT2D eigenvalue weighted by Crippen LogP contribution is 2.18. The van der Waals surface area contributed by atoms with Gasteiger partial charge in [0.25, 0.3) is 82.7 Å². The molecule has 7 rings (SSSR count). The van der Waals surface area contributed by atoms with Gasteiger partial charge in [0.05, 0.1) is 50.8 Å². The largest absolute Gasteiger partial charge is 0.481 e. The molecule has 7 aliphatic heterocycles. The molecule has 7 aliphatic rings. The van der Waals surface area contributed by atoms with E-state index in [1.165, 1.54) is 9.80 Å². The molecular formula is C62H75N13O27. The quantitative estimate of drug-likeness (QED) is 0.0310. The number of aliphatic carboxylic acids is 2. The van der Waals surface area contributed by atoms with E-state index in [0.29, 0.717) is 31.2 Å². The van der Waals surface area contributed by atoms with Gasteiger partial charge in [0.15, 0.2) is 0 Å². The van der Waals surface area contributed by atoms with Gasteiger partial charge in [0.1, 0.15) is 19.8 Å². The third-order valence-corrected chi connectivity index (χ3v) is 15.1. The lowest BCUT2D eigenvalue weighted by Gasteiger charge is -2.25. The number of carbonyl (C=O) groups is 21. The van der Waals surface area contributed by atoms with Crippen molar-refractivity contribution in [2.75, 3.05) is 111 Å². The zero-order chi connectivity index (χ0) is 75.2. The summed E-state index contributed by atoms with van der Waals surface area (Å²) >= 11 is 0. The number of imide groups is 7. The predicted octanol–water partition coefficient (Wildman–Crippen LogP) is -7.02. The van der Waals surface area contributed by atoms with Crippen LogP contribution in [-0.2, 0) is 120 Å². The summed E-state index contributed by atoms with van der Waals surface area (Å²) in [5.74, 6) is -13.5. The molecule has 1 fully saturated rings. The second kappa shape index (κ2) is 40.5. The molecule has 0 radical (unpaired) electrons. The van der Waals surface area contributed by atoms with Crippen LogP contribution in [-0.4, -0.2) is 308 Å². The van der Waals surface area contributed by atoms with Crippen LogP contribution in [0.2, 0.25) is 0 Å². The third kappa shape index (κ3) is 26.0. The maximum Gasteiger partial charge on any atom is 0.358 e. The van der Waals surface area contributed by atoms with Gasteiger partial charge in [0, 0.05) is 171 Å². The van der Waals surface area contributed by atoms with Crippen molar-refractivity contribution in [3.8, 4) is 0 Å². The Kier molecular flexibility index (Phi) is 32.3. The number of rotatable bonds is 41. The number of ether oxygens (including phenoxy) is 3. The minimum atomic E-state index is -1.22. The average Bonchev–Trinajstić information content (AvgIpc) is 1.72. The van der Waals surface area contributed by atoms with Gasteiger partial charge in [-0.15, -0.1) is 5.06 Å². The van der Waals surface area contributed by atoms with Crippen LogP contribution in [0.25, 0.3) is 0 Å². The first-order chi connectivity index (χ1) is 48.5. The lowest BCUT2D eigenvalue weighted by molar-refractivity contribution is -0.201. The number of amides is 18. The molecule has 1 saturated heterocycles. The van der Waals surface area contributed by atoms with Crippen molar-refractivity contribution in [1.29, 1.82) is 0 Å². The van der Waals surface area contributed by atoms with Crippen molar-refractivity contribution in [1.82, 2.24) is 54.9 Å². The lowest BCUT2D eigenvalue weighted by atomic mass is 10.2. The number of nitrogens with zero attached hydrogens (tertiary/aromatic N) is 9. The molecule has 40 nitrogen and oxygen atoms in total. The Balaban J connectivity index is 0.000000350. The number of hydroxylamine groups is 2. The molecule has 3 unspecified atom stereocenters. The Labute approximate surface area is 579 Å². The fraction of sp³-hybridized carbons (Fsp3) is 0.468. The number of hydrogen-bond donors (Lipinski definition) is 6. The number of carboxylic acid groups (broad SMARTS) is 2. The smallest absolute Gasteiger partial charge is 0.358 e. The van der Waals surface area contributed by atoms with Gasteiger partial charge in [-0.3, -0.25) is 125 Å². The van der Waals surface area contributed by atoms with Gasteiger partial charge in [-0.05, 0) is 19.3 Å². The standard InChI is InChI=1S/C36H41N7O15.C18H17N3O9.C8H17N3O3/c44-25(21-57-23(19-42-32(51)5-6-33(42)52)11-15-40-28(47)1-2-29(40)48)37-13-17-39(27(46)9-10-36(55)56)18-14-38-26(45)22-58-24(20-43-34(53)7-8-35(43)54)12-16-41-30(49)3-4-31(41)50;22-12-1-2-13(23)19(12)8-7-11(9-20-14(24)3-4-15(20)25)29-10-18(28)30-21-16(26)5-6-17(21)27;9-3-5-11(6-4-10)7(12)1-2-8(13)14/h1-8,23-24H,9-22H2,(H,37,44)(H,38,45)(H,55,56);1-4,11H,5-10H2;1-6,9-10H2,(H,13,14). The van der Waals surface area contributed by atoms with Crippen molar-refractivity contribution < 1.29 is 130 Å². The molecule has 7 heterocycles. The summed E-state index contributed by atoms with van der Waals surface area (Å²) in [5.41, 5.74) is 10.6. The van der Waals surface area contributed by atoms with E-state index < -0.39 is 163 Å². The molecule has 0 spiro atoms. The lowest BCUT2D eigenvalue weighted by Crippen LogP contribution is -2.45. The van der Waals surface area contributed by atoms with E-state index in [1.807, 2.05) is 0 Å². The molecule has 0 aromatic carbocycles. The normalized spacial score (nSPS) is 16.9. The molecule has 40 heteroatoms. The van der Waals surface area contributed by atoms with Crippen molar-refractivity contribution in [3.63, 3.8) is 0 Å². The summed E-state index contributed by atoms with van der Waals surface area (Å²) in [6.45, 7) is -1.84. The number of carbonyl (C=O) groups excluding carboxylic acids is 19. The van der Waals surface area contributed by atoms with Gasteiger partial charge >= 0.3 is 17.9 Å². The van der Waals surface area contributed by atoms with Crippen LogP contribution in [0.5, 0.6) is 0 Å². The summed E-state index contributed by atoms with van der Waals surface area (Å²) in [5, 5.41) is 22.9. The van der Waals surface area contributed by atoms with E-state index in [0.717, 1.165) is 102 Å². The molecule has 0 aliphatic carbocycles. The molecule has 8 N–H and O–H groups in total. The first kappa shape index (κ1) is 81.2. The first-order valence-electron chi connectivity index (χ1n) is 31.6. The van der Waals surface area contributed by atoms with Crippen molar-refractivity contribution in [2.24, 2.45) is 11.5 Å². The zero-order valence-electron chi connectivity index (χ0n) is 54.8. The molecule has 0 saturated carbocycles. The Hall–Kier alpha value is -11.5. The van der Waals surface area contributed by atoms with Gasteiger partial charge in [-0.1, -0.05) is 0 Å². The van der Waals surface area contributed by atoms with Gasteiger partial charge < -0.3 is 61.2 Å². The Bertz CT molecular complexity index is 3280. The minimum Gasteiger partial charge on any atom is -0.481 e. The SMILES string of the molecule is NCCN(CCN)C(=O)CCC(=O)O.O=C(COC(CCN1C(=O)C=CC1=O)CN1C(=O)C=CC1=O)ON1C(=O)CCC1=O.O=C(O)CCC(=O)N(CCNC(=O)COC(CCN1C(=O)C=CC1=O)CN1C(=O)C=CC1=O)CCNC(=O)COC(CCN1C(=O)C=CC1=O)CN1C(=O)C=CC1=O. The van der Waals surface area contributed by atoms with Crippen LogP contribution >= 0.6 is 0 Å². The highest BCUT2D eigenvalue weighted by Gasteiger charge is 2.36. The first-order valence-corrected chi connectivity index (χ1v) is 31.6. The molecule has 0 bridgehead atoms. The van der Waals surface area contributed by atoms with E-state index in [4.69, 9.17) is 40.7 Å². The van der Waals surface area contributed by atoms with Crippen LogP contribution < -0.4 is 22.1 Å². The fourth-order valence-corrected chi connectivity index (χ4v) is 9.80. The number of carboxylic acids is 2. The molecule has 0 aromatic heterocycles. The average molecular weight is 1430 g/mol. The van der Waals surface area contributed by atoms with E-state index in [1.54, 1.807) is 0 Å². The van der Waals surface area contributed by atoms with Crippen molar-refractivity contribution in [2.45, 2.75) is 76.1 Å². The molecule has 102 heavy (non-hydrogen) atoms. The van der Waals surface area contributed by atoms with Crippen molar-refractivity contribution in [3.05, 3.63) is 72.9 Å². The monoisotopic (exact) mass is 1430 g/mol. The van der Waals surface area contributed by atoms with Crippen LogP contribution in [0.3, 0.4) is 0 Å².